The number of ether oxygens (including phenoxy) is 1. The van der Waals surface area contributed by atoms with E-state index in [0.717, 1.165) is 12.1 Å². The van der Waals surface area contributed by atoms with Crippen LogP contribution >= 0.6 is 0 Å². The Morgan fingerprint density at radius 2 is 1.86 bits per heavy atom. The van der Waals surface area contributed by atoms with Crippen LogP contribution in [-0.2, 0) is 4.74 Å². The van der Waals surface area contributed by atoms with Crippen LogP contribution in [0.1, 0.15) is 63.9 Å². The lowest BCUT2D eigenvalue weighted by atomic mass is 9.88. The van der Waals surface area contributed by atoms with E-state index in [1.165, 1.54) is 87.9 Å². The van der Waals surface area contributed by atoms with Gasteiger partial charge in [0.15, 0.2) is 0 Å². The molecule has 0 aromatic heterocycles. The first kappa shape index (κ1) is 20.0. The predicted octanol–water partition coefficient (Wildman–Crippen LogP) is 5.02. The Hall–Kier alpha value is -1.26. The molecule has 1 unspecified atom stereocenters. The molecule has 1 saturated carbocycles. The topological polar surface area (TPSA) is 27.7 Å². The molecule has 0 spiro atoms. The maximum Gasteiger partial charge on any atom is 0.130 e. The Morgan fingerprint density at radius 1 is 1.04 bits per heavy atom. The van der Waals surface area contributed by atoms with Gasteiger partial charge in [0.25, 0.3) is 0 Å². The van der Waals surface area contributed by atoms with Crippen LogP contribution < -0.4 is 10.2 Å². The van der Waals surface area contributed by atoms with E-state index in [2.05, 4.69) is 47.2 Å². The van der Waals surface area contributed by atoms with E-state index < -0.39 is 0 Å². The molecule has 28 heavy (non-hydrogen) atoms. The van der Waals surface area contributed by atoms with Crippen LogP contribution in [0.25, 0.3) is 0 Å². The molecular formula is C24H39N3O. The van der Waals surface area contributed by atoms with Gasteiger partial charge in [0.2, 0.25) is 0 Å². The smallest absolute Gasteiger partial charge is 0.130 e. The third-order valence-electron chi connectivity index (χ3n) is 7.44. The molecule has 4 rings (SSSR count). The van der Waals surface area contributed by atoms with Crippen molar-refractivity contribution < 1.29 is 4.74 Å². The van der Waals surface area contributed by atoms with Crippen LogP contribution in [0.2, 0.25) is 0 Å². The Labute approximate surface area is 171 Å². The number of anilines is 2. The van der Waals surface area contributed by atoms with Gasteiger partial charge in [-0.1, -0.05) is 19.3 Å². The zero-order valence-corrected chi connectivity index (χ0v) is 18.1. The van der Waals surface area contributed by atoms with Gasteiger partial charge in [-0.25, -0.2) is 0 Å². The van der Waals surface area contributed by atoms with Gasteiger partial charge >= 0.3 is 0 Å². The van der Waals surface area contributed by atoms with Crippen LogP contribution in [0.4, 0.5) is 11.4 Å². The van der Waals surface area contributed by atoms with Gasteiger partial charge in [0.1, 0.15) is 6.23 Å². The molecule has 2 heterocycles. The number of nitrogens with zero attached hydrogens (tertiary/aromatic N) is 2. The molecule has 4 nitrogen and oxygen atoms in total. The van der Waals surface area contributed by atoms with E-state index >= 15 is 0 Å². The first-order valence-corrected chi connectivity index (χ1v) is 11.6. The normalized spacial score (nSPS) is 28.0. The molecule has 156 valence electrons. The lowest BCUT2D eigenvalue weighted by Crippen LogP contribution is -2.39. The Bertz CT molecular complexity index is 643. The number of methoxy groups -OCH3 is 1. The second-order valence-electron chi connectivity index (χ2n) is 9.32. The maximum absolute atomic E-state index is 5.83. The van der Waals surface area contributed by atoms with Gasteiger partial charge in [0, 0.05) is 49.6 Å². The summed E-state index contributed by atoms with van der Waals surface area (Å²) in [4.78, 5) is 5.33. The van der Waals surface area contributed by atoms with E-state index in [0.29, 0.717) is 5.92 Å². The first-order valence-electron chi connectivity index (χ1n) is 11.6. The third kappa shape index (κ3) is 4.33. The van der Waals surface area contributed by atoms with Crippen molar-refractivity contribution in [3.05, 3.63) is 23.8 Å². The number of likely N-dealkylation sites (tertiary alicyclic amines) is 1. The Morgan fingerprint density at radius 3 is 2.54 bits per heavy atom. The first-order chi connectivity index (χ1) is 13.7. The number of aryl methyl sites for hydroxylation is 1. The van der Waals surface area contributed by atoms with Gasteiger partial charge in [-0.2, -0.15) is 0 Å². The molecule has 2 aliphatic heterocycles. The fourth-order valence-electron chi connectivity index (χ4n) is 5.71. The second kappa shape index (κ2) is 9.04. The minimum Gasteiger partial charge on any atom is -0.370 e. The number of hydrogen-bond donors (Lipinski definition) is 1. The molecule has 4 heteroatoms. The highest BCUT2D eigenvalue weighted by Crippen LogP contribution is 2.32. The number of hydrogen-bond acceptors (Lipinski definition) is 4. The quantitative estimate of drug-likeness (QED) is 0.696. The van der Waals surface area contributed by atoms with Gasteiger partial charge in [-0.05, 0) is 76.3 Å². The minimum atomic E-state index is 0.137. The highest BCUT2D eigenvalue weighted by atomic mass is 16.5. The lowest BCUT2D eigenvalue weighted by Gasteiger charge is -2.31. The molecule has 1 N–H and O–H groups in total. The van der Waals surface area contributed by atoms with Crippen molar-refractivity contribution >= 4 is 11.4 Å². The molecule has 3 atom stereocenters. The van der Waals surface area contributed by atoms with Crippen molar-refractivity contribution in [3.63, 3.8) is 0 Å². The van der Waals surface area contributed by atoms with E-state index in [1.54, 1.807) is 0 Å². The summed E-state index contributed by atoms with van der Waals surface area (Å²) in [5.74, 6) is 0.639. The molecule has 2 saturated heterocycles. The summed E-state index contributed by atoms with van der Waals surface area (Å²) in [7, 11) is 1.85. The molecule has 1 aliphatic carbocycles. The molecule has 0 amide bonds. The molecular weight excluding hydrogens is 346 g/mol. The zero-order valence-electron chi connectivity index (χ0n) is 18.1. The van der Waals surface area contributed by atoms with Crippen molar-refractivity contribution in [3.8, 4) is 0 Å². The third-order valence-corrected chi connectivity index (χ3v) is 7.44. The van der Waals surface area contributed by atoms with E-state index in [-0.39, 0.29) is 6.23 Å². The number of nitrogens with one attached hydrogen (secondary N) is 1. The van der Waals surface area contributed by atoms with E-state index in [4.69, 9.17) is 4.74 Å². The molecule has 3 aliphatic rings. The van der Waals surface area contributed by atoms with Crippen LogP contribution in [0.5, 0.6) is 0 Å². The van der Waals surface area contributed by atoms with E-state index in [1.807, 2.05) is 7.11 Å². The van der Waals surface area contributed by atoms with Crippen LogP contribution in [0.15, 0.2) is 18.2 Å². The highest BCUT2D eigenvalue weighted by molar-refractivity contribution is 5.61. The standard InChI is InChI=1S/C24H39N3O/c1-18-16-21(26-15-13-22(17-26)27-14-7-8-19(27)2)11-12-23(18)25-24(28-3)20-9-5-4-6-10-20/h11-12,16,19-20,22,24-25H,4-10,13-15,17H2,1-3H3/t19-,22-,24?/m0/s1. The monoisotopic (exact) mass is 385 g/mol. The fraction of sp³-hybridized carbons (Fsp3) is 0.750. The largest absolute Gasteiger partial charge is 0.370 e. The van der Waals surface area contributed by atoms with Crippen molar-refractivity contribution in [2.24, 2.45) is 5.92 Å². The van der Waals surface area contributed by atoms with Crippen molar-refractivity contribution in [1.82, 2.24) is 4.90 Å². The minimum absolute atomic E-state index is 0.137. The van der Waals surface area contributed by atoms with Gasteiger partial charge in [-0.3, -0.25) is 4.90 Å². The number of rotatable bonds is 6. The average Bonchev–Trinajstić information content (AvgIpc) is 3.36. The summed E-state index contributed by atoms with van der Waals surface area (Å²) >= 11 is 0. The second-order valence-corrected chi connectivity index (χ2v) is 9.32. The summed E-state index contributed by atoms with van der Waals surface area (Å²) in [6.07, 6.45) is 10.8. The molecule has 0 radical (unpaired) electrons. The van der Waals surface area contributed by atoms with Crippen molar-refractivity contribution in [2.45, 2.75) is 83.5 Å². The highest BCUT2D eigenvalue weighted by Gasteiger charge is 2.33. The van der Waals surface area contributed by atoms with Gasteiger partial charge in [0.05, 0.1) is 0 Å². The molecule has 0 bridgehead atoms. The summed E-state index contributed by atoms with van der Waals surface area (Å²) < 4.78 is 5.83. The van der Waals surface area contributed by atoms with Crippen LogP contribution in [-0.4, -0.2) is 50.0 Å². The van der Waals surface area contributed by atoms with Gasteiger partial charge < -0.3 is 15.0 Å². The summed E-state index contributed by atoms with van der Waals surface area (Å²) in [6, 6.07) is 8.44. The summed E-state index contributed by atoms with van der Waals surface area (Å²) in [5, 5.41) is 3.69. The van der Waals surface area contributed by atoms with Crippen LogP contribution in [0, 0.1) is 12.8 Å². The fourth-order valence-corrected chi connectivity index (χ4v) is 5.71. The van der Waals surface area contributed by atoms with Gasteiger partial charge in [-0.15, -0.1) is 0 Å². The SMILES string of the molecule is COC(Nc1ccc(N2CC[C@H](N3CCC[C@@H]3C)C2)cc1C)C1CCCCC1. The molecule has 1 aromatic carbocycles. The molecule has 1 aromatic rings. The summed E-state index contributed by atoms with van der Waals surface area (Å²) in [6.45, 7) is 8.29. The zero-order chi connectivity index (χ0) is 19.5. The average molecular weight is 386 g/mol. The van der Waals surface area contributed by atoms with Crippen molar-refractivity contribution in [2.75, 3.05) is 37.0 Å². The summed E-state index contributed by atoms with van der Waals surface area (Å²) in [5.41, 5.74) is 3.93. The number of benzene rings is 1. The Balaban J connectivity index is 1.39. The van der Waals surface area contributed by atoms with Crippen LogP contribution in [0.3, 0.4) is 0 Å². The maximum atomic E-state index is 5.83. The molecule has 3 fully saturated rings. The van der Waals surface area contributed by atoms with Crippen molar-refractivity contribution in [1.29, 1.82) is 0 Å². The predicted molar refractivity (Wildman–Crippen MR) is 118 cm³/mol. The lowest BCUT2D eigenvalue weighted by molar-refractivity contribution is 0.0574. The van der Waals surface area contributed by atoms with E-state index in [9.17, 15) is 0 Å². The Kier molecular flexibility index (Phi) is 6.47.